The zero-order valence-electron chi connectivity index (χ0n) is 10.4. The zero-order chi connectivity index (χ0) is 13.1. The molecule has 0 radical (unpaired) electrons. The van der Waals surface area contributed by atoms with E-state index in [1.54, 1.807) is 0 Å². The van der Waals surface area contributed by atoms with Crippen LogP contribution in [0, 0.1) is 13.8 Å². The van der Waals surface area contributed by atoms with E-state index in [2.05, 4.69) is 59.4 Å². The molecule has 0 aromatic heterocycles. The summed E-state index contributed by atoms with van der Waals surface area (Å²) in [7, 11) is 0. The molecule has 0 saturated heterocycles. The van der Waals surface area contributed by atoms with Crippen molar-refractivity contribution in [1.82, 2.24) is 0 Å². The summed E-state index contributed by atoms with van der Waals surface area (Å²) in [6.45, 7) is 4.99. The Morgan fingerprint density at radius 3 is 2.33 bits per heavy atom. The normalized spacial score (nSPS) is 10.4. The molecule has 3 heteroatoms. The first kappa shape index (κ1) is 13.4. The lowest BCUT2D eigenvalue weighted by atomic mass is 10.1. The summed E-state index contributed by atoms with van der Waals surface area (Å²) in [6.07, 6.45) is 0. The molecule has 0 bridgehead atoms. The monoisotopic (exact) mass is 323 g/mol. The van der Waals surface area contributed by atoms with Gasteiger partial charge in [0.05, 0.1) is 5.02 Å². The average molecular weight is 325 g/mol. The van der Waals surface area contributed by atoms with Crippen LogP contribution in [0.2, 0.25) is 5.02 Å². The number of anilines is 1. The van der Waals surface area contributed by atoms with E-state index < -0.39 is 0 Å². The Bertz CT molecular complexity index is 546. The van der Waals surface area contributed by atoms with E-state index in [1.807, 2.05) is 12.1 Å². The second-order valence-corrected chi connectivity index (χ2v) is 5.74. The highest BCUT2D eigenvalue weighted by atomic mass is 79.9. The standard InChI is InChI=1S/C15H15BrClN/c1-10-5-11(2)7-13(6-10)18-9-12-3-4-14(16)15(17)8-12/h3-8,18H,9H2,1-2H3. The van der Waals surface area contributed by atoms with E-state index in [0.29, 0.717) is 0 Å². The van der Waals surface area contributed by atoms with E-state index in [-0.39, 0.29) is 0 Å². The molecule has 1 N–H and O–H groups in total. The van der Waals surface area contributed by atoms with Crippen molar-refractivity contribution in [2.24, 2.45) is 0 Å². The molecule has 0 spiro atoms. The van der Waals surface area contributed by atoms with Crippen molar-refractivity contribution in [2.45, 2.75) is 20.4 Å². The molecule has 0 fully saturated rings. The molecule has 0 aliphatic rings. The number of nitrogens with one attached hydrogen (secondary N) is 1. The summed E-state index contributed by atoms with van der Waals surface area (Å²) in [5, 5.41) is 4.16. The molecule has 0 aliphatic heterocycles. The Morgan fingerprint density at radius 1 is 1.06 bits per heavy atom. The van der Waals surface area contributed by atoms with Crippen LogP contribution in [0.3, 0.4) is 0 Å². The van der Waals surface area contributed by atoms with Crippen molar-refractivity contribution in [3.05, 3.63) is 62.6 Å². The third-order valence-electron chi connectivity index (χ3n) is 2.70. The van der Waals surface area contributed by atoms with Gasteiger partial charge in [0.1, 0.15) is 0 Å². The van der Waals surface area contributed by atoms with Crippen LogP contribution in [0.1, 0.15) is 16.7 Å². The number of hydrogen-bond donors (Lipinski definition) is 1. The van der Waals surface area contributed by atoms with Gasteiger partial charge in [-0.15, -0.1) is 0 Å². The van der Waals surface area contributed by atoms with Crippen LogP contribution in [-0.4, -0.2) is 0 Å². The van der Waals surface area contributed by atoms with Gasteiger partial charge in [-0.3, -0.25) is 0 Å². The molecule has 0 aliphatic carbocycles. The average Bonchev–Trinajstić information content (AvgIpc) is 2.29. The minimum absolute atomic E-state index is 0.745. The van der Waals surface area contributed by atoms with E-state index in [1.165, 1.54) is 16.7 Å². The Hall–Kier alpha value is -0.990. The van der Waals surface area contributed by atoms with Crippen molar-refractivity contribution in [3.63, 3.8) is 0 Å². The highest BCUT2D eigenvalue weighted by Crippen LogP contribution is 2.23. The second-order valence-electron chi connectivity index (χ2n) is 4.48. The van der Waals surface area contributed by atoms with Gasteiger partial charge < -0.3 is 5.32 Å². The Labute approximate surface area is 121 Å². The first-order valence-electron chi connectivity index (χ1n) is 5.81. The van der Waals surface area contributed by atoms with Gasteiger partial charge in [-0.05, 0) is 70.7 Å². The lowest BCUT2D eigenvalue weighted by molar-refractivity contribution is 1.14. The van der Waals surface area contributed by atoms with Gasteiger partial charge >= 0.3 is 0 Å². The van der Waals surface area contributed by atoms with E-state index in [9.17, 15) is 0 Å². The molecule has 0 heterocycles. The summed E-state index contributed by atoms with van der Waals surface area (Å²) < 4.78 is 0.930. The molecule has 2 aromatic rings. The first-order chi connectivity index (χ1) is 8.54. The number of aryl methyl sites for hydroxylation is 2. The number of hydrogen-bond acceptors (Lipinski definition) is 1. The smallest absolute Gasteiger partial charge is 0.0551 e. The molecule has 0 amide bonds. The van der Waals surface area contributed by atoms with Crippen LogP contribution in [0.5, 0.6) is 0 Å². The maximum Gasteiger partial charge on any atom is 0.0551 e. The van der Waals surface area contributed by atoms with Crippen molar-refractivity contribution < 1.29 is 0 Å². The Balaban J connectivity index is 2.08. The maximum absolute atomic E-state index is 6.07. The van der Waals surface area contributed by atoms with Gasteiger partial charge in [-0.2, -0.15) is 0 Å². The fourth-order valence-corrected chi connectivity index (χ4v) is 2.38. The largest absolute Gasteiger partial charge is 0.381 e. The van der Waals surface area contributed by atoms with Crippen molar-refractivity contribution in [2.75, 3.05) is 5.32 Å². The second kappa shape index (κ2) is 5.77. The van der Waals surface area contributed by atoms with Crippen LogP contribution in [-0.2, 0) is 6.54 Å². The van der Waals surface area contributed by atoms with Crippen LogP contribution >= 0.6 is 27.5 Å². The number of rotatable bonds is 3. The quantitative estimate of drug-likeness (QED) is 0.804. The van der Waals surface area contributed by atoms with Crippen molar-refractivity contribution in [1.29, 1.82) is 0 Å². The van der Waals surface area contributed by atoms with Gasteiger partial charge in [0, 0.05) is 16.7 Å². The summed E-state index contributed by atoms with van der Waals surface area (Å²) in [5.74, 6) is 0. The van der Waals surface area contributed by atoms with Crippen molar-refractivity contribution in [3.8, 4) is 0 Å². The van der Waals surface area contributed by atoms with Crippen LogP contribution in [0.15, 0.2) is 40.9 Å². The lowest BCUT2D eigenvalue weighted by Gasteiger charge is -2.09. The third-order valence-corrected chi connectivity index (χ3v) is 3.93. The highest BCUT2D eigenvalue weighted by molar-refractivity contribution is 9.10. The summed E-state index contributed by atoms with van der Waals surface area (Å²) in [6, 6.07) is 12.5. The fraction of sp³-hybridized carbons (Fsp3) is 0.200. The van der Waals surface area contributed by atoms with Crippen molar-refractivity contribution >= 4 is 33.2 Å². The van der Waals surface area contributed by atoms with Gasteiger partial charge in [0.25, 0.3) is 0 Å². The van der Waals surface area contributed by atoms with Crippen LogP contribution in [0.4, 0.5) is 5.69 Å². The van der Waals surface area contributed by atoms with Gasteiger partial charge in [-0.1, -0.05) is 23.7 Å². The topological polar surface area (TPSA) is 12.0 Å². The summed E-state index contributed by atoms with van der Waals surface area (Å²) in [5.41, 5.74) is 4.85. The van der Waals surface area contributed by atoms with E-state index >= 15 is 0 Å². The highest BCUT2D eigenvalue weighted by Gasteiger charge is 2.00. The molecule has 2 aromatic carbocycles. The molecule has 2 rings (SSSR count). The predicted molar refractivity (Wildman–Crippen MR) is 82.4 cm³/mol. The predicted octanol–water partition coefficient (Wildman–Crippen LogP) is 5.33. The van der Waals surface area contributed by atoms with Gasteiger partial charge in [0.2, 0.25) is 0 Å². The summed E-state index contributed by atoms with van der Waals surface area (Å²) in [4.78, 5) is 0. The lowest BCUT2D eigenvalue weighted by Crippen LogP contribution is -2.00. The molecule has 1 nitrogen and oxygen atoms in total. The number of halogens is 2. The van der Waals surface area contributed by atoms with Crippen LogP contribution in [0.25, 0.3) is 0 Å². The van der Waals surface area contributed by atoms with Gasteiger partial charge in [0.15, 0.2) is 0 Å². The first-order valence-corrected chi connectivity index (χ1v) is 6.98. The molecule has 18 heavy (non-hydrogen) atoms. The minimum Gasteiger partial charge on any atom is -0.381 e. The molecular formula is C15H15BrClN. The Morgan fingerprint density at radius 2 is 1.72 bits per heavy atom. The van der Waals surface area contributed by atoms with E-state index in [0.717, 1.165) is 21.7 Å². The number of benzene rings is 2. The molecule has 0 atom stereocenters. The molecule has 0 saturated carbocycles. The van der Waals surface area contributed by atoms with E-state index in [4.69, 9.17) is 11.6 Å². The molecular weight excluding hydrogens is 310 g/mol. The Kier molecular flexibility index (Phi) is 4.31. The molecule has 0 unspecified atom stereocenters. The van der Waals surface area contributed by atoms with Crippen LogP contribution < -0.4 is 5.32 Å². The third kappa shape index (κ3) is 3.50. The summed E-state index contributed by atoms with van der Waals surface area (Å²) >= 11 is 9.46. The maximum atomic E-state index is 6.07. The SMILES string of the molecule is Cc1cc(C)cc(NCc2ccc(Br)c(Cl)c2)c1. The van der Waals surface area contributed by atoms with Gasteiger partial charge in [-0.25, -0.2) is 0 Å². The molecule has 94 valence electrons. The zero-order valence-corrected chi connectivity index (χ0v) is 12.8. The fourth-order valence-electron chi connectivity index (χ4n) is 1.93. The minimum atomic E-state index is 0.745.